The van der Waals surface area contributed by atoms with Crippen LogP contribution in [-0.4, -0.2) is 42.9 Å². The number of rotatable bonds is 3. The maximum atomic E-state index is 12.3. The number of carbonyl (C=O) groups is 2. The molecule has 1 aromatic rings. The molecule has 0 radical (unpaired) electrons. The highest BCUT2D eigenvalue weighted by Crippen LogP contribution is 2.27. The average Bonchev–Trinajstić information content (AvgIpc) is 2.82. The maximum absolute atomic E-state index is 12.3. The first-order chi connectivity index (χ1) is 10.7. The fourth-order valence-electron chi connectivity index (χ4n) is 3.20. The van der Waals surface area contributed by atoms with E-state index in [4.69, 9.17) is 0 Å². The summed E-state index contributed by atoms with van der Waals surface area (Å²) in [6, 6.07) is 7.89. The van der Waals surface area contributed by atoms with E-state index in [9.17, 15) is 9.59 Å². The molecule has 2 aliphatic heterocycles. The van der Waals surface area contributed by atoms with E-state index >= 15 is 0 Å². The second kappa shape index (κ2) is 8.31. The highest BCUT2D eigenvalue weighted by Gasteiger charge is 2.27. The van der Waals surface area contributed by atoms with E-state index in [2.05, 4.69) is 10.6 Å². The van der Waals surface area contributed by atoms with E-state index < -0.39 is 0 Å². The molecule has 0 bridgehead atoms. The Bertz CT molecular complexity index is 557. The van der Waals surface area contributed by atoms with Crippen LogP contribution in [-0.2, 0) is 16.0 Å². The Morgan fingerprint density at radius 2 is 2.04 bits per heavy atom. The molecule has 0 saturated carbocycles. The number of benzene rings is 1. The van der Waals surface area contributed by atoms with Gasteiger partial charge in [-0.1, -0.05) is 18.2 Å². The molecule has 1 atom stereocenters. The van der Waals surface area contributed by atoms with E-state index in [1.165, 1.54) is 5.56 Å². The molecule has 2 aliphatic rings. The van der Waals surface area contributed by atoms with Crippen molar-refractivity contribution < 1.29 is 9.59 Å². The number of amides is 2. The summed E-state index contributed by atoms with van der Waals surface area (Å²) in [7, 11) is 0. The lowest BCUT2D eigenvalue weighted by Crippen LogP contribution is -2.35. The van der Waals surface area contributed by atoms with Crippen LogP contribution >= 0.6 is 12.4 Å². The normalized spacial score (nSPS) is 20.8. The fraction of sp³-hybridized carbons (Fsp3) is 0.529. The number of nitrogens with zero attached hydrogens (tertiary/aromatic N) is 1. The third-order valence-corrected chi connectivity index (χ3v) is 4.51. The summed E-state index contributed by atoms with van der Waals surface area (Å²) in [4.78, 5) is 26.4. The molecule has 0 spiro atoms. The monoisotopic (exact) mass is 337 g/mol. The molecule has 126 valence electrons. The molecule has 2 N–H and O–H groups in total. The van der Waals surface area contributed by atoms with Gasteiger partial charge in [0.15, 0.2) is 0 Å². The van der Waals surface area contributed by atoms with Crippen molar-refractivity contribution in [3.8, 4) is 0 Å². The Morgan fingerprint density at radius 3 is 2.91 bits per heavy atom. The number of fused-ring (bicyclic) bond motifs is 1. The van der Waals surface area contributed by atoms with Crippen LogP contribution in [0.25, 0.3) is 0 Å². The van der Waals surface area contributed by atoms with Crippen LogP contribution in [0.15, 0.2) is 24.3 Å². The maximum Gasteiger partial charge on any atom is 0.227 e. The molecule has 1 fully saturated rings. The minimum Gasteiger partial charge on any atom is -0.341 e. The fourth-order valence-corrected chi connectivity index (χ4v) is 3.20. The standard InChI is InChI=1S/C17H23N3O2.ClH/c21-16(20-10-3-8-18-9-11-20)7-6-14-12-13-4-1-2-5-15(13)19-17(14)22;/h1-2,4-5,14,18H,3,6-12H2,(H,19,22);1H. The minimum absolute atomic E-state index is 0. The molecule has 0 aromatic heterocycles. The number of anilines is 1. The van der Waals surface area contributed by atoms with Gasteiger partial charge in [-0.05, 0) is 37.4 Å². The molecule has 2 amide bonds. The van der Waals surface area contributed by atoms with E-state index in [1.807, 2.05) is 29.2 Å². The highest BCUT2D eigenvalue weighted by atomic mass is 35.5. The lowest BCUT2D eigenvalue weighted by atomic mass is 9.89. The van der Waals surface area contributed by atoms with Crippen molar-refractivity contribution in [3.63, 3.8) is 0 Å². The van der Waals surface area contributed by atoms with Gasteiger partial charge in [0.1, 0.15) is 0 Å². The molecule has 0 aliphatic carbocycles. The summed E-state index contributed by atoms with van der Waals surface area (Å²) in [5.41, 5.74) is 2.08. The number of para-hydroxylation sites is 1. The van der Waals surface area contributed by atoms with Crippen LogP contribution in [0.4, 0.5) is 5.69 Å². The van der Waals surface area contributed by atoms with E-state index in [-0.39, 0.29) is 30.1 Å². The van der Waals surface area contributed by atoms with Crippen LogP contribution < -0.4 is 10.6 Å². The van der Waals surface area contributed by atoms with Crippen molar-refractivity contribution in [3.05, 3.63) is 29.8 Å². The number of carbonyl (C=O) groups excluding carboxylic acids is 2. The smallest absolute Gasteiger partial charge is 0.227 e. The summed E-state index contributed by atoms with van der Waals surface area (Å²) in [6.07, 6.45) is 2.82. The second-order valence-corrected chi connectivity index (χ2v) is 6.07. The first-order valence-electron chi connectivity index (χ1n) is 8.11. The lowest BCUT2D eigenvalue weighted by molar-refractivity contribution is -0.131. The molecule has 3 rings (SSSR count). The van der Waals surface area contributed by atoms with Gasteiger partial charge in [-0.2, -0.15) is 0 Å². The zero-order valence-corrected chi connectivity index (χ0v) is 14.0. The SMILES string of the molecule is Cl.O=C1Nc2ccccc2CC1CCC(=O)N1CCCNCC1. The van der Waals surface area contributed by atoms with Crippen molar-refractivity contribution in [2.24, 2.45) is 5.92 Å². The average molecular weight is 338 g/mol. The summed E-state index contributed by atoms with van der Waals surface area (Å²) in [5, 5.41) is 6.25. The first kappa shape index (κ1) is 17.8. The topological polar surface area (TPSA) is 61.4 Å². The van der Waals surface area contributed by atoms with Gasteiger partial charge in [0.2, 0.25) is 11.8 Å². The van der Waals surface area contributed by atoms with Crippen molar-refractivity contribution in [2.45, 2.75) is 25.7 Å². The van der Waals surface area contributed by atoms with Crippen LogP contribution in [0.3, 0.4) is 0 Å². The predicted molar refractivity (Wildman–Crippen MR) is 92.8 cm³/mol. The van der Waals surface area contributed by atoms with Crippen LogP contribution in [0.1, 0.15) is 24.8 Å². The molecule has 23 heavy (non-hydrogen) atoms. The molecule has 1 aromatic carbocycles. The van der Waals surface area contributed by atoms with E-state index in [0.717, 1.165) is 44.7 Å². The Kier molecular flexibility index (Phi) is 6.42. The number of nitrogens with one attached hydrogen (secondary N) is 2. The van der Waals surface area contributed by atoms with Crippen molar-refractivity contribution in [2.75, 3.05) is 31.5 Å². The largest absolute Gasteiger partial charge is 0.341 e. The second-order valence-electron chi connectivity index (χ2n) is 6.07. The molecule has 6 heteroatoms. The summed E-state index contributed by atoms with van der Waals surface area (Å²) >= 11 is 0. The minimum atomic E-state index is -0.0936. The molecular weight excluding hydrogens is 314 g/mol. The van der Waals surface area contributed by atoms with Gasteiger partial charge in [0.05, 0.1) is 0 Å². The van der Waals surface area contributed by atoms with Crippen LogP contribution in [0, 0.1) is 5.92 Å². The summed E-state index contributed by atoms with van der Waals surface area (Å²) in [6.45, 7) is 3.44. The zero-order chi connectivity index (χ0) is 15.4. The Labute approximate surface area is 143 Å². The van der Waals surface area contributed by atoms with Crippen molar-refractivity contribution >= 4 is 29.9 Å². The number of hydrogen-bond acceptors (Lipinski definition) is 3. The lowest BCUT2D eigenvalue weighted by Gasteiger charge is -2.25. The molecule has 5 nitrogen and oxygen atoms in total. The number of halogens is 1. The third kappa shape index (κ3) is 4.45. The Hall–Kier alpha value is -1.59. The van der Waals surface area contributed by atoms with Gasteiger partial charge < -0.3 is 15.5 Å². The van der Waals surface area contributed by atoms with Crippen LogP contribution in [0.2, 0.25) is 0 Å². The first-order valence-corrected chi connectivity index (χ1v) is 8.11. The highest BCUT2D eigenvalue weighted by molar-refractivity contribution is 5.96. The van der Waals surface area contributed by atoms with Gasteiger partial charge in [0.25, 0.3) is 0 Å². The molecular formula is C17H24ClN3O2. The quantitative estimate of drug-likeness (QED) is 0.884. The van der Waals surface area contributed by atoms with Crippen molar-refractivity contribution in [1.29, 1.82) is 0 Å². The van der Waals surface area contributed by atoms with E-state index in [1.54, 1.807) is 0 Å². The van der Waals surface area contributed by atoms with E-state index in [0.29, 0.717) is 12.8 Å². The molecule has 1 unspecified atom stereocenters. The van der Waals surface area contributed by atoms with Gasteiger partial charge in [-0.15, -0.1) is 12.4 Å². The van der Waals surface area contributed by atoms with Gasteiger partial charge in [0, 0.05) is 37.7 Å². The van der Waals surface area contributed by atoms with Gasteiger partial charge >= 0.3 is 0 Å². The van der Waals surface area contributed by atoms with Gasteiger partial charge in [-0.3, -0.25) is 9.59 Å². The Morgan fingerprint density at radius 1 is 1.22 bits per heavy atom. The van der Waals surface area contributed by atoms with Crippen molar-refractivity contribution in [1.82, 2.24) is 10.2 Å². The summed E-state index contributed by atoms with van der Waals surface area (Å²) in [5.74, 6) is 0.128. The summed E-state index contributed by atoms with van der Waals surface area (Å²) < 4.78 is 0. The third-order valence-electron chi connectivity index (χ3n) is 4.51. The zero-order valence-electron chi connectivity index (χ0n) is 13.2. The molecule has 2 heterocycles. The van der Waals surface area contributed by atoms with Crippen LogP contribution in [0.5, 0.6) is 0 Å². The Balaban J connectivity index is 0.00000192. The van der Waals surface area contributed by atoms with Gasteiger partial charge in [-0.25, -0.2) is 0 Å². The molecule has 1 saturated heterocycles. The predicted octanol–water partition coefficient (Wildman–Crippen LogP) is 1.82. The number of hydrogen-bond donors (Lipinski definition) is 2.